The predicted molar refractivity (Wildman–Crippen MR) is 122 cm³/mol. The van der Waals surface area contributed by atoms with Crippen molar-refractivity contribution >= 4 is 11.0 Å². The topological polar surface area (TPSA) is 93.7 Å². The third-order valence-electron chi connectivity index (χ3n) is 5.32. The van der Waals surface area contributed by atoms with Crippen LogP contribution < -0.4 is 20.9 Å². The minimum atomic E-state index is -0.394. The molecule has 0 unspecified atom stereocenters. The van der Waals surface area contributed by atoms with Crippen LogP contribution in [0, 0.1) is 6.92 Å². The average Bonchev–Trinajstić information content (AvgIpc) is 2.82. The highest BCUT2D eigenvalue weighted by atomic mass is 16.5. The van der Waals surface area contributed by atoms with Gasteiger partial charge in [-0.15, -0.1) is 0 Å². The maximum absolute atomic E-state index is 12.8. The second-order valence-corrected chi connectivity index (χ2v) is 7.51. The molecule has 0 aliphatic carbocycles. The first-order valence-electron chi connectivity index (χ1n) is 10.3. The standard InChI is InChI=1S/C25H24N2O5/c1-17-24(29)22(28)9-11-27(17)12-10-26-14-19-16-32-23-13-20(7-8-21(23)25(19)30)31-15-18-5-3-2-4-6-18/h2-9,11,13,16,26,29H,10,12,14-15H2,1H3. The first-order valence-corrected chi connectivity index (χ1v) is 10.3. The molecule has 2 N–H and O–H groups in total. The van der Waals surface area contributed by atoms with E-state index in [0.717, 1.165) is 5.56 Å². The van der Waals surface area contributed by atoms with E-state index in [2.05, 4.69) is 5.32 Å². The molecule has 0 saturated heterocycles. The third-order valence-corrected chi connectivity index (χ3v) is 5.32. The summed E-state index contributed by atoms with van der Waals surface area (Å²) in [4.78, 5) is 24.2. The minimum absolute atomic E-state index is 0.0921. The SMILES string of the molecule is Cc1c(O)c(=O)ccn1CCNCc1coc2cc(OCc3ccccc3)ccc2c1=O. The van der Waals surface area contributed by atoms with Gasteiger partial charge in [0.25, 0.3) is 0 Å². The van der Waals surface area contributed by atoms with Crippen LogP contribution in [-0.2, 0) is 19.7 Å². The van der Waals surface area contributed by atoms with E-state index in [-0.39, 0.29) is 11.2 Å². The fourth-order valence-corrected chi connectivity index (χ4v) is 3.43. The molecule has 0 fully saturated rings. The zero-order chi connectivity index (χ0) is 22.5. The van der Waals surface area contributed by atoms with Gasteiger partial charge in [-0.25, -0.2) is 0 Å². The van der Waals surface area contributed by atoms with Crippen LogP contribution in [0.25, 0.3) is 11.0 Å². The van der Waals surface area contributed by atoms with Gasteiger partial charge < -0.3 is 24.1 Å². The Labute approximate surface area is 184 Å². The molecule has 4 aromatic rings. The molecule has 0 aliphatic heterocycles. The van der Waals surface area contributed by atoms with Crippen LogP contribution in [0.3, 0.4) is 0 Å². The molecular weight excluding hydrogens is 408 g/mol. The van der Waals surface area contributed by atoms with E-state index >= 15 is 0 Å². The molecule has 32 heavy (non-hydrogen) atoms. The number of hydrogen-bond donors (Lipinski definition) is 2. The highest BCUT2D eigenvalue weighted by Crippen LogP contribution is 2.20. The molecule has 7 nitrogen and oxygen atoms in total. The van der Waals surface area contributed by atoms with Gasteiger partial charge in [-0.1, -0.05) is 30.3 Å². The Balaban J connectivity index is 1.38. The van der Waals surface area contributed by atoms with Crippen LogP contribution in [0.5, 0.6) is 11.5 Å². The maximum Gasteiger partial charge on any atom is 0.223 e. The van der Waals surface area contributed by atoms with Gasteiger partial charge in [0, 0.05) is 43.5 Å². The Morgan fingerprint density at radius 1 is 1.09 bits per heavy atom. The number of fused-ring (bicyclic) bond motifs is 1. The van der Waals surface area contributed by atoms with Crippen molar-refractivity contribution in [2.75, 3.05) is 6.54 Å². The summed E-state index contributed by atoms with van der Waals surface area (Å²) in [6.45, 7) is 3.56. The van der Waals surface area contributed by atoms with Gasteiger partial charge >= 0.3 is 0 Å². The lowest BCUT2D eigenvalue weighted by Crippen LogP contribution is -2.24. The van der Waals surface area contributed by atoms with Crippen molar-refractivity contribution < 1.29 is 14.3 Å². The Morgan fingerprint density at radius 2 is 1.91 bits per heavy atom. The number of pyridine rings is 1. The Bertz CT molecular complexity index is 1340. The molecule has 0 amide bonds. The number of nitrogens with one attached hydrogen (secondary N) is 1. The zero-order valence-electron chi connectivity index (χ0n) is 17.7. The first kappa shape index (κ1) is 21.4. The number of benzene rings is 2. The van der Waals surface area contributed by atoms with Gasteiger partial charge in [-0.3, -0.25) is 9.59 Å². The summed E-state index contributed by atoms with van der Waals surface area (Å²) in [5.74, 6) is 0.393. The van der Waals surface area contributed by atoms with E-state index in [4.69, 9.17) is 9.15 Å². The summed E-state index contributed by atoms with van der Waals surface area (Å²) in [5, 5.41) is 13.5. The Morgan fingerprint density at radius 3 is 2.72 bits per heavy atom. The number of hydrogen-bond acceptors (Lipinski definition) is 6. The number of aromatic hydroxyl groups is 1. The van der Waals surface area contributed by atoms with Crippen LogP contribution >= 0.6 is 0 Å². The molecule has 0 bridgehead atoms. The summed E-state index contributed by atoms with van der Waals surface area (Å²) in [6, 6.07) is 16.4. The fourth-order valence-electron chi connectivity index (χ4n) is 3.43. The number of aromatic nitrogens is 1. The largest absolute Gasteiger partial charge is 0.503 e. The summed E-state index contributed by atoms with van der Waals surface area (Å²) >= 11 is 0. The van der Waals surface area contributed by atoms with E-state index in [1.165, 1.54) is 12.3 Å². The van der Waals surface area contributed by atoms with Crippen molar-refractivity contribution in [3.05, 3.63) is 104 Å². The van der Waals surface area contributed by atoms with Gasteiger partial charge in [0.05, 0.1) is 17.3 Å². The molecule has 0 aliphatic rings. The number of rotatable bonds is 8. The second kappa shape index (κ2) is 9.53. The number of ether oxygens (including phenoxy) is 1. The van der Waals surface area contributed by atoms with Crippen molar-refractivity contribution in [3.63, 3.8) is 0 Å². The summed E-state index contributed by atoms with van der Waals surface area (Å²) in [6.07, 6.45) is 3.11. The van der Waals surface area contributed by atoms with Gasteiger partial charge in [-0.2, -0.15) is 0 Å². The molecule has 2 aromatic heterocycles. The quantitative estimate of drug-likeness (QED) is 0.415. The molecule has 164 valence electrons. The highest BCUT2D eigenvalue weighted by molar-refractivity contribution is 5.78. The normalized spacial score (nSPS) is 11.0. The van der Waals surface area contributed by atoms with Crippen LogP contribution in [-0.4, -0.2) is 16.2 Å². The van der Waals surface area contributed by atoms with Crippen molar-refractivity contribution in [1.82, 2.24) is 9.88 Å². The van der Waals surface area contributed by atoms with Gasteiger partial charge in [-0.05, 0) is 24.6 Å². The molecule has 4 rings (SSSR count). The molecule has 0 saturated carbocycles. The Hall–Kier alpha value is -3.84. The van der Waals surface area contributed by atoms with E-state index in [1.807, 2.05) is 30.3 Å². The monoisotopic (exact) mass is 432 g/mol. The van der Waals surface area contributed by atoms with E-state index < -0.39 is 5.43 Å². The second-order valence-electron chi connectivity index (χ2n) is 7.51. The summed E-state index contributed by atoms with van der Waals surface area (Å²) in [5.41, 5.74) is 2.08. The van der Waals surface area contributed by atoms with Crippen LogP contribution in [0.1, 0.15) is 16.8 Å². The van der Waals surface area contributed by atoms with Crippen molar-refractivity contribution in [1.29, 1.82) is 0 Å². The van der Waals surface area contributed by atoms with Crippen molar-refractivity contribution in [2.24, 2.45) is 0 Å². The van der Waals surface area contributed by atoms with Crippen molar-refractivity contribution in [2.45, 2.75) is 26.6 Å². The highest BCUT2D eigenvalue weighted by Gasteiger charge is 2.09. The first-order chi connectivity index (χ1) is 15.5. The molecule has 0 atom stereocenters. The summed E-state index contributed by atoms with van der Waals surface area (Å²) in [7, 11) is 0. The van der Waals surface area contributed by atoms with E-state index in [0.29, 0.717) is 54.2 Å². The maximum atomic E-state index is 12.8. The van der Waals surface area contributed by atoms with Crippen LogP contribution in [0.2, 0.25) is 0 Å². The van der Waals surface area contributed by atoms with Gasteiger partial charge in [0.15, 0.2) is 11.2 Å². The van der Waals surface area contributed by atoms with E-state index in [9.17, 15) is 14.7 Å². The molecule has 0 spiro atoms. The molecule has 2 aromatic carbocycles. The third kappa shape index (κ3) is 4.73. The van der Waals surface area contributed by atoms with Gasteiger partial charge in [0.2, 0.25) is 5.43 Å². The van der Waals surface area contributed by atoms with Crippen molar-refractivity contribution in [3.8, 4) is 11.5 Å². The molecule has 0 radical (unpaired) electrons. The predicted octanol–water partition coefficient (Wildman–Crippen LogP) is 3.34. The lowest BCUT2D eigenvalue weighted by Gasteiger charge is -2.12. The summed E-state index contributed by atoms with van der Waals surface area (Å²) < 4.78 is 13.3. The molecular formula is C25H24N2O5. The fraction of sp³-hybridized carbons (Fsp3) is 0.200. The molecule has 2 heterocycles. The minimum Gasteiger partial charge on any atom is -0.503 e. The average molecular weight is 432 g/mol. The smallest absolute Gasteiger partial charge is 0.223 e. The van der Waals surface area contributed by atoms with Gasteiger partial charge in [0.1, 0.15) is 17.9 Å². The van der Waals surface area contributed by atoms with Crippen LogP contribution in [0.15, 0.2) is 81.1 Å². The lowest BCUT2D eigenvalue weighted by atomic mass is 10.1. The number of nitrogens with zero attached hydrogens (tertiary/aromatic N) is 1. The van der Waals surface area contributed by atoms with Crippen LogP contribution in [0.4, 0.5) is 0 Å². The Kier molecular flexibility index (Phi) is 6.37. The lowest BCUT2D eigenvalue weighted by molar-refractivity contribution is 0.306. The van der Waals surface area contributed by atoms with E-state index in [1.54, 1.807) is 35.9 Å². The zero-order valence-corrected chi connectivity index (χ0v) is 17.7. The molecule has 7 heteroatoms.